The van der Waals surface area contributed by atoms with Crippen LogP contribution in [0.2, 0.25) is 5.15 Å². The summed E-state index contributed by atoms with van der Waals surface area (Å²) in [4.78, 5) is 15.5. The van der Waals surface area contributed by atoms with Gasteiger partial charge in [0.25, 0.3) is 0 Å². The molecule has 0 unspecified atom stereocenters. The molecule has 15 heavy (non-hydrogen) atoms. The van der Waals surface area contributed by atoms with Gasteiger partial charge in [-0.05, 0) is 11.6 Å². The zero-order chi connectivity index (χ0) is 11.0. The van der Waals surface area contributed by atoms with Gasteiger partial charge >= 0.3 is 0 Å². The van der Waals surface area contributed by atoms with Crippen LogP contribution in [-0.2, 0) is 11.2 Å². The van der Waals surface area contributed by atoms with Crippen molar-refractivity contribution < 1.29 is 4.79 Å². The average Bonchev–Trinajstić information content (AvgIpc) is 2.20. The van der Waals surface area contributed by atoms with Gasteiger partial charge in [-0.15, -0.1) is 0 Å². The number of carbonyl (C=O) groups excluding carboxylic acids is 1. The van der Waals surface area contributed by atoms with Crippen LogP contribution in [-0.4, -0.2) is 10.8 Å². The van der Waals surface area contributed by atoms with E-state index in [1.165, 1.54) is 0 Å². The number of fused-ring (bicyclic) bond motifs is 1. The van der Waals surface area contributed by atoms with E-state index in [4.69, 9.17) is 28.5 Å². The maximum Gasteiger partial charge on any atom is 0.179 e. The van der Waals surface area contributed by atoms with E-state index in [1.54, 1.807) is 18.2 Å². The third-order valence-electron chi connectivity index (χ3n) is 2.11. The second-order valence-corrected chi connectivity index (χ2v) is 3.81. The van der Waals surface area contributed by atoms with Crippen LogP contribution in [0.25, 0.3) is 5.03 Å². The van der Waals surface area contributed by atoms with Gasteiger partial charge in [-0.25, -0.2) is 4.98 Å². The Balaban J connectivity index is 2.70. The second-order valence-electron chi connectivity index (χ2n) is 3.04. The van der Waals surface area contributed by atoms with Crippen LogP contribution in [0.15, 0.2) is 17.7 Å². The maximum atomic E-state index is 11.5. The lowest BCUT2D eigenvalue weighted by Gasteiger charge is -2.13. The first-order valence-electron chi connectivity index (χ1n) is 4.12. The van der Waals surface area contributed by atoms with E-state index in [2.05, 4.69) is 4.98 Å². The molecule has 3 nitrogen and oxygen atoms in total. The highest BCUT2D eigenvalue weighted by Crippen LogP contribution is 2.31. The number of hydrogen-bond acceptors (Lipinski definition) is 3. The van der Waals surface area contributed by atoms with Gasteiger partial charge in [0.2, 0.25) is 0 Å². The van der Waals surface area contributed by atoms with Gasteiger partial charge in [-0.1, -0.05) is 29.3 Å². The van der Waals surface area contributed by atoms with Crippen LogP contribution < -0.4 is 0 Å². The topological polar surface area (TPSA) is 53.8 Å². The number of halogens is 2. The smallest absolute Gasteiger partial charge is 0.179 e. The largest absolute Gasteiger partial charge is 0.293 e. The lowest BCUT2D eigenvalue weighted by Crippen LogP contribution is -2.14. The predicted octanol–water partition coefficient (Wildman–Crippen LogP) is 2.33. The summed E-state index contributed by atoms with van der Waals surface area (Å²) in [6.07, 6.45) is 0.151. The van der Waals surface area contributed by atoms with Crippen LogP contribution in [0, 0.1) is 11.3 Å². The van der Waals surface area contributed by atoms with Crippen LogP contribution in [0.4, 0.5) is 0 Å². The normalized spacial score (nSPS) is 14.9. The molecule has 0 atom stereocenters. The Morgan fingerprint density at radius 3 is 2.80 bits per heavy atom. The third kappa shape index (κ3) is 1.63. The van der Waals surface area contributed by atoms with Crippen molar-refractivity contribution in [2.75, 3.05) is 0 Å². The molecule has 0 saturated heterocycles. The SMILES string of the molecule is N#CC1=C(Cl)c2nc(Cl)ccc2CC1=O. The standard InChI is InChI=1S/C10H4Cl2N2O/c11-8-2-1-5-3-7(15)6(4-13)9(12)10(5)14-8/h1-2H,3H2. The molecule has 1 aliphatic carbocycles. The Bertz CT molecular complexity index is 529. The highest BCUT2D eigenvalue weighted by atomic mass is 35.5. The number of allylic oxidation sites excluding steroid dienone is 1. The number of nitriles is 1. The number of rotatable bonds is 0. The van der Waals surface area contributed by atoms with Gasteiger partial charge in [0.1, 0.15) is 16.8 Å². The Kier molecular flexibility index (Phi) is 2.47. The van der Waals surface area contributed by atoms with Crippen LogP contribution >= 0.6 is 23.2 Å². The molecule has 0 fully saturated rings. The van der Waals surface area contributed by atoms with E-state index in [0.717, 1.165) is 0 Å². The molecule has 0 spiro atoms. The highest BCUT2D eigenvalue weighted by molar-refractivity contribution is 6.52. The summed E-state index contributed by atoms with van der Waals surface area (Å²) in [5.74, 6) is -0.279. The molecule has 5 heteroatoms. The number of aromatic nitrogens is 1. The maximum absolute atomic E-state index is 11.5. The van der Waals surface area contributed by atoms with E-state index in [9.17, 15) is 4.79 Å². The average molecular weight is 239 g/mol. The molecule has 0 radical (unpaired) electrons. The molecule has 0 N–H and O–H groups in total. The second kappa shape index (κ2) is 3.65. The van der Waals surface area contributed by atoms with E-state index < -0.39 is 0 Å². The van der Waals surface area contributed by atoms with Gasteiger partial charge in [-0.2, -0.15) is 5.26 Å². The van der Waals surface area contributed by atoms with Gasteiger partial charge in [0.15, 0.2) is 5.78 Å². The number of Topliss-reactive ketones (excluding diaryl/α,β-unsaturated/α-hetero) is 1. The first-order chi connectivity index (χ1) is 7.13. The number of ketones is 1. The summed E-state index contributed by atoms with van der Waals surface area (Å²) in [5, 5.41) is 9.13. The lowest BCUT2D eigenvalue weighted by atomic mass is 9.95. The molecular formula is C10H4Cl2N2O. The van der Waals surface area contributed by atoms with Crippen LogP contribution in [0.5, 0.6) is 0 Å². The van der Waals surface area contributed by atoms with Crippen molar-refractivity contribution in [2.24, 2.45) is 0 Å². The van der Waals surface area contributed by atoms with Gasteiger partial charge < -0.3 is 0 Å². The molecule has 74 valence electrons. The van der Waals surface area contributed by atoms with E-state index in [1.807, 2.05) is 0 Å². The van der Waals surface area contributed by atoms with Crippen molar-refractivity contribution in [2.45, 2.75) is 6.42 Å². The van der Waals surface area contributed by atoms with Crippen molar-refractivity contribution in [3.63, 3.8) is 0 Å². The number of pyridine rings is 1. The zero-order valence-corrected chi connectivity index (χ0v) is 8.93. The molecule has 0 aliphatic heterocycles. The Morgan fingerprint density at radius 1 is 1.40 bits per heavy atom. The molecule has 0 aromatic carbocycles. The Hall–Kier alpha value is -1.37. The molecule has 1 aromatic heterocycles. The summed E-state index contributed by atoms with van der Waals surface area (Å²) in [5.41, 5.74) is 1.09. The zero-order valence-electron chi connectivity index (χ0n) is 7.42. The number of nitrogens with zero attached hydrogens (tertiary/aromatic N) is 2. The minimum absolute atomic E-state index is 0.0427. The molecular weight excluding hydrogens is 235 g/mol. The summed E-state index contributed by atoms with van der Waals surface area (Å²) >= 11 is 11.6. The first kappa shape index (κ1) is 10.2. The first-order valence-corrected chi connectivity index (χ1v) is 4.88. The van der Waals surface area contributed by atoms with Crippen LogP contribution in [0.1, 0.15) is 11.3 Å². The van der Waals surface area contributed by atoms with Gasteiger partial charge in [0, 0.05) is 6.42 Å². The molecule has 0 amide bonds. The number of carbonyl (C=O) groups is 1. The summed E-state index contributed by atoms with van der Waals surface area (Å²) < 4.78 is 0. The monoisotopic (exact) mass is 238 g/mol. The fourth-order valence-electron chi connectivity index (χ4n) is 1.41. The van der Waals surface area contributed by atoms with Gasteiger partial charge in [-0.3, -0.25) is 4.79 Å². The van der Waals surface area contributed by atoms with Crippen molar-refractivity contribution in [3.05, 3.63) is 34.1 Å². The van der Waals surface area contributed by atoms with Crippen molar-refractivity contribution >= 4 is 34.0 Å². The third-order valence-corrected chi connectivity index (χ3v) is 2.69. The lowest BCUT2D eigenvalue weighted by molar-refractivity contribution is -0.114. The van der Waals surface area contributed by atoms with Crippen LogP contribution in [0.3, 0.4) is 0 Å². The van der Waals surface area contributed by atoms with E-state index in [-0.39, 0.29) is 22.8 Å². The van der Waals surface area contributed by atoms with Crippen molar-refractivity contribution in [1.29, 1.82) is 5.26 Å². The molecule has 1 heterocycles. The molecule has 2 rings (SSSR count). The minimum atomic E-state index is -0.279. The fourth-order valence-corrected chi connectivity index (χ4v) is 1.87. The Labute approximate surface area is 95.9 Å². The van der Waals surface area contributed by atoms with E-state index in [0.29, 0.717) is 16.4 Å². The summed E-state index contributed by atoms with van der Waals surface area (Å²) in [7, 11) is 0. The summed E-state index contributed by atoms with van der Waals surface area (Å²) in [6, 6.07) is 5.06. The number of hydrogen-bond donors (Lipinski definition) is 0. The highest BCUT2D eigenvalue weighted by Gasteiger charge is 2.25. The molecule has 0 bridgehead atoms. The molecule has 1 aliphatic rings. The van der Waals surface area contributed by atoms with Crippen molar-refractivity contribution in [1.82, 2.24) is 4.98 Å². The van der Waals surface area contributed by atoms with E-state index >= 15 is 0 Å². The molecule has 0 saturated carbocycles. The fraction of sp³-hybridized carbons (Fsp3) is 0.100. The summed E-state index contributed by atoms with van der Waals surface area (Å²) in [6.45, 7) is 0. The Morgan fingerprint density at radius 2 is 2.13 bits per heavy atom. The van der Waals surface area contributed by atoms with Crippen molar-refractivity contribution in [3.8, 4) is 6.07 Å². The quantitative estimate of drug-likeness (QED) is 0.653. The predicted molar refractivity (Wildman–Crippen MR) is 56.3 cm³/mol. The minimum Gasteiger partial charge on any atom is -0.293 e. The van der Waals surface area contributed by atoms with Gasteiger partial charge in [0.05, 0.1) is 10.7 Å². The molecule has 1 aromatic rings.